The van der Waals surface area contributed by atoms with E-state index < -0.39 is 16.8 Å². The second-order valence-electron chi connectivity index (χ2n) is 5.08. The van der Waals surface area contributed by atoms with Crippen molar-refractivity contribution in [2.24, 2.45) is 16.8 Å². The summed E-state index contributed by atoms with van der Waals surface area (Å²) in [7, 11) is 0. The monoisotopic (exact) mass is 277 g/mol. The van der Waals surface area contributed by atoms with Crippen LogP contribution < -0.4 is 0 Å². The van der Waals surface area contributed by atoms with Gasteiger partial charge < -0.3 is 9.64 Å². The van der Waals surface area contributed by atoms with Crippen LogP contribution in [0.2, 0.25) is 0 Å². The molecule has 0 aliphatic carbocycles. The van der Waals surface area contributed by atoms with Gasteiger partial charge in [0.05, 0.1) is 6.61 Å². The number of alkyl halides is 2. The van der Waals surface area contributed by atoms with Gasteiger partial charge in [0.25, 0.3) is 5.84 Å². The normalized spacial score (nSPS) is 28.4. The third kappa shape index (κ3) is 2.83. The van der Waals surface area contributed by atoms with Gasteiger partial charge in [-0.25, -0.2) is 0 Å². The van der Waals surface area contributed by atoms with Crippen molar-refractivity contribution in [2.75, 3.05) is 32.8 Å². The molecule has 2 atom stereocenters. The second-order valence-corrected chi connectivity index (χ2v) is 5.08. The van der Waals surface area contributed by atoms with Crippen LogP contribution in [-0.4, -0.2) is 54.6 Å². The van der Waals surface area contributed by atoms with Crippen LogP contribution in [0.15, 0.2) is 4.99 Å². The van der Waals surface area contributed by atoms with E-state index in [1.165, 1.54) is 4.90 Å². The highest BCUT2D eigenvalue weighted by Gasteiger charge is 2.54. The fraction of sp³-hybridized carbons (Fsp3) is 0.909. The maximum atomic E-state index is 13.6. The highest BCUT2D eigenvalue weighted by molar-refractivity contribution is 5.88. The van der Waals surface area contributed by atoms with Crippen LogP contribution in [0.1, 0.15) is 13.3 Å². The summed E-state index contributed by atoms with van der Waals surface area (Å²) >= 11 is 0. The Labute approximate surface area is 109 Å². The van der Waals surface area contributed by atoms with Crippen molar-refractivity contribution < 1.29 is 18.4 Å². The Morgan fingerprint density at radius 2 is 2.32 bits per heavy atom. The van der Waals surface area contributed by atoms with Crippen molar-refractivity contribution in [1.29, 1.82) is 0 Å². The summed E-state index contributed by atoms with van der Waals surface area (Å²) in [6.45, 7) is 4.04. The number of halogens is 2. The predicted octanol–water partition coefficient (Wildman–Crippen LogP) is 1.24. The summed E-state index contributed by atoms with van der Waals surface area (Å²) in [6, 6.07) is -4.11. The van der Waals surface area contributed by atoms with Crippen molar-refractivity contribution in [3.8, 4) is 0 Å². The summed E-state index contributed by atoms with van der Waals surface area (Å²) < 4.78 is 32.4. The van der Waals surface area contributed by atoms with Gasteiger partial charge in [-0.1, -0.05) is 6.92 Å². The van der Waals surface area contributed by atoms with Gasteiger partial charge in [-0.05, 0) is 12.3 Å². The zero-order valence-corrected chi connectivity index (χ0v) is 10.7. The molecule has 0 spiro atoms. The Bertz CT molecular complexity index is 389. The summed E-state index contributed by atoms with van der Waals surface area (Å²) in [5, 5.41) is 10.5. The molecule has 1 fully saturated rings. The number of amidine groups is 1. The highest BCUT2D eigenvalue weighted by atomic mass is 19.3. The maximum absolute atomic E-state index is 13.6. The molecule has 0 aromatic rings. The van der Waals surface area contributed by atoms with E-state index in [0.717, 1.165) is 0 Å². The fourth-order valence-electron chi connectivity index (χ4n) is 2.42. The fourth-order valence-corrected chi connectivity index (χ4v) is 2.42. The van der Waals surface area contributed by atoms with Crippen LogP contribution in [0.5, 0.6) is 0 Å². The molecule has 19 heavy (non-hydrogen) atoms. The first kappa shape index (κ1) is 14.1. The van der Waals surface area contributed by atoms with Crippen LogP contribution in [0, 0.1) is 22.0 Å². The Balaban J connectivity index is 2.12. The Morgan fingerprint density at radius 1 is 1.58 bits per heavy atom. The molecule has 0 radical (unpaired) electrons. The molecule has 2 rings (SSSR count). The zero-order chi connectivity index (χ0) is 14.0. The van der Waals surface area contributed by atoms with E-state index >= 15 is 0 Å². The molecule has 0 amide bonds. The molecule has 0 aromatic heterocycles. The first-order valence-corrected chi connectivity index (χ1v) is 6.33. The smallest absolute Gasteiger partial charge is 0.381 e. The molecule has 8 heteroatoms. The lowest BCUT2D eigenvalue weighted by Crippen LogP contribution is -2.52. The number of hydrogen-bond donors (Lipinski definition) is 0. The summed E-state index contributed by atoms with van der Waals surface area (Å²) in [6.07, 6.45) is 0.638. The number of aliphatic imine (C=N–C) groups is 1. The molecular weight excluding hydrogens is 260 g/mol. The van der Waals surface area contributed by atoms with Crippen LogP contribution in [0.25, 0.3) is 0 Å². The van der Waals surface area contributed by atoms with Crippen LogP contribution >= 0.6 is 0 Å². The zero-order valence-electron chi connectivity index (χ0n) is 10.7. The third-order valence-electron chi connectivity index (χ3n) is 3.62. The van der Waals surface area contributed by atoms with Crippen LogP contribution in [0.4, 0.5) is 8.78 Å². The molecule has 2 heterocycles. The molecule has 108 valence electrons. The molecule has 0 bridgehead atoms. The van der Waals surface area contributed by atoms with E-state index in [0.29, 0.717) is 32.7 Å². The summed E-state index contributed by atoms with van der Waals surface area (Å²) in [4.78, 5) is 14.0. The minimum atomic E-state index is -4.11. The number of ether oxygens (including phenoxy) is 1. The largest absolute Gasteiger partial charge is 0.572 e. The molecule has 0 N–H and O–H groups in total. The van der Waals surface area contributed by atoms with Crippen molar-refractivity contribution in [3.05, 3.63) is 10.1 Å². The van der Waals surface area contributed by atoms with Crippen molar-refractivity contribution in [2.45, 2.75) is 19.4 Å². The molecule has 2 aliphatic heterocycles. The van der Waals surface area contributed by atoms with Gasteiger partial charge in [0.2, 0.25) is 0 Å². The quantitative estimate of drug-likeness (QED) is 0.440. The summed E-state index contributed by atoms with van der Waals surface area (Å²) in [5.41, 5.74) is 0. The van der Waals surface area contributed by atoms with E-state index in [9.17, 15) is 18.9 Å². The van der Waals surface area contributed by atoms with E-state index in [1.807, 2.05) is 6.92 Å². The topological polar surface area (TPSA) is 68.0 Å². The van der Waals surface area contributed by atoms with Crippen molar-refractivity contribution >= 4 is 5.84 Å². The van der Waals surface area contributed by atoms with Gasteiger partial charge in [-0.2, -0.15) is 0 Å². The van der Waals surface area contributed by atoms with E-state index in [2.05, 4.69) is 4.99 Å². The van der Waals surface area contributed by atoms with Gasteiger partial charge in [0, 0.05) is 32.2 Å². The molecule has 2 aliphatic rings. The maximum Gasteiger partial charge on any atom is 0.572 e. The number of rotatable bonds is 4. The number of hydrogen-bond acceptors (Lipinski definition) is 5. The lowest BCUT2D eigenvalue weighted by atomic mass is 9.97. The first-order chi connectivity index (χ1) is 8.93. The predicted molar refractivity (Wildman–Crippen MR) is 63.9 cm³/mol. The van der Waals surface area contributed by atoms with E-state index in [1.54, 1.807) is 0 Å². The average Bonchev–Trinajstić information content (AvgIpc) is 2.75. The van der Waals surface area contributed by atoms with Gasteiger partial charge >= 0.3 is 6.05 Å². The third-order valence-corrected chi connectivity index (χ3v) is 3.62. The van der Waals surface area contributed by atoms with E-state index in [4.69, 9.17) is 4.74 Å². The van der Waals surface area contributed by atoms with Crippen molar-refractivity contribution in [1.82, 2.24) is 4.90 Å². The minimum Gasteiger partial charge on any atom is -0.381 e. The van der Waals surface area contributed by atoms with Gasteiger partial charge in [-0.3, -0.25) is 15.1 Å². The molecule has 1 saturated heterocycles. The molecule has 2 unspecified atom stereocenters. The Hall–Kier alpha value is -1.31. The van der Waals surface area contributed by atoms with Crippen LogP contribution in [-0.2, 0) is 4.74 Å². The highest BCUT2D eigenvalue weighted by Crippen LogP contribution is 2.26. The first-order valence-electron chi connectivity index (χ1n) is 6.33. The Morgan fingerprint density at radius 3 is 2.89 bits per heavy atom. The van der Waals surface area contributed by atoms with Gasteiger partial charge in [-0.15, -0.1) is 8.78 Å². The lowest BCUT2D eigenvalue weighted by molar-refractivity contribution is -0.618. The SMILES string of the molecule is CC1COCC1CN1CCCN=C1C(F)(F)[N+](=O)[O-]. The second kappa shape index (κ2) is 5.36. The minimum absolute atomic E-state index is 0.117. The lowest BCUT2D eigenvalue weighted by Gasteiger charge is -2.32. The van der Waals surface area contributed by atoms with Gasteiger partial charge in [0.15, 0.2) is 0 Å². The average molecular weight is 277 g/mol. The van der Waals surface area contributed by atoms with Crippen molar-refractivity contribution in [3.63, 3.8) is 0 Å². The number of nitrogens with zero attached hydrogens (tertiary/aromatic N) is 3. The molecule has 6 nitrogen and oxygen atoms in total. The van der Waals surface area contributed by atoms with Crippen LogP contribution in [0.3, 0.4) is 0 Å². The summed E-state index contributed by atoms with van der Waals surface area (Å²) in [5.74, 6) is -0.318. The Kier molecular flexibility index (Phi) is 3.98. The van der Waals surface area contributed by atoms with Gasteiger partial charge in [0.1, 0.15) is 4.92 Å². The standard InChI is InChI=1S/C11H17F2N3O3/c1-8-6-19-7-9(8)5-15-4-2-3-14-10(15)11(12,13)16(17)18/h8-9H,2-7H2,1H3. The van der Waals surface area contributed by atoms with E-state index in [-0.39, 0.29) is 18.4 Å². The number of nitro groups is 1. The molecule has 0 saturated carbocycles. The molecule has 0 aromatic carbocycles. The molecular formula is C11H17F2N3O3.